The molecule has 0 radical (unpaired) electrons. The molecule has 0 saturated carbocycles. The Labute approximate surface area is 93.5 Å². The first-order valence-corrected chi connectivity index (χ1v) is 5.33. The Kier molecular flexibility index (Phi) is 3.19. The molecule has 86 valence electrons. The number of allylic oxidation sites excluding steroid dienone is 1. The molecular formula is C10H15N5O. The fourth-order valence-electron chi connectivity index (χ4n) is 1.73. The second-order valence-electron chi connectivity index (χ2n) is 3.85. The molecule has 1 aromatic heterocycles. The van der Waals surface area contributed by atoms with Crippen LogP contribution in [0.5, 0.6) is 0 Å². The number of carbonyl (C=O) groups excluding carboxylic acids is 1. The van der Waals surface area contributed by atoms with Crippen LogP contribution in [-0.2, 0) is 11.3 Å². The van der Waals surface area contributed by atoms with Gasteiger partial charge in [0.15, 0.2) is 0 Å². The third-order valence-corrected chi connectivity index (χ3v) is 2.49. The number of anilines is 1. The van der Waals surface area contributed by atoms with Crippen LogP contribution in [0.25, 0.3) is 0 Å². The van der Waals surface area contributed by atoms with Crippen molar-refractivity contribution in [2.75, 3.05) is 5.73 Å². The lowest BCUT2D eigenvalue weighted by atomic mass is 10.0. The molecule has 6 nitrogen and oxygen atoms in total. The van der Waals surface area contributed by atoms with E-state index in [4.69, 9.17) is 5.73 Å². The fraction of sp³-hybridized carbons (Fsp3) is 0.500. The first-order chi connectivity index (χ1) is 7.74. The summed E-state index contributed by atoms with van der Waals surface area (Å²) in [5.41, 5.74) is 5.35. The van der Waals surface area contributed by atoms with E-state index in [0.717, 1.165) is 19.3 Å². The number of aromatic nitrogens is 3. The first kappa shape index (κ1) is 10.7. The van der Waals surface area contributed by atoms with Gasteiger partial charge in [-0.3, -0.25) is 4.79 Å². The second-order valence-corrected chi connectivity index (χ2v) is 3.85. The average Bonchev–Trinajstić information content (AvgIpc) is 2.65. The Morgan fingerprint density at radius 3 is 3.12 bits per heavy atom. The largest absolute Gasteiger partial charge is 0.367 e. The van der Waals surface area contributed by atoms with Crippen LogP contribution in [0.4, 0.5) is 5.95 Å². The van der Waals surface area contributed by atoms with Crippen LogP contribution in [0.15, 0.2) is 18.5 Å². The maximum absolute atomic E-state index is 11.6. The van der Waals surface area contributed by atoms with E-state index in [2.05, 4.69) is 27.6 Å². The van der Waals surface area contributed by atoms with Gasteiger partial charge in [0.05, 0.1) is 0 Å². The summed E-state index contributed by atoms with van der Waals surface area (Å²) in [6, 6.07) is 0.248. The summed E-state index contributed by atoms with van der Waals surface area (Å²) in [4.78, 5) is 15.4. The Bertz CT molecular complexity index is 398. The molecule has 0 aliphatic heterocycles. The SMILES string of the molecule is Nc1ncn(CC(=O)NC2CC=CCC2)n1. The van der Waals surface area contributed by atoms with E-state index >= 15 is 0 Å². The van der Waals surface area contributed by atoms with Gasteiger partial charge in [0.2, 0.25) is 11.9 Å². The zero-order valence-corrected chi connectivity index (χ0v) is 8.97. The van der Waals surface area contributed by atoms with Crippen LogP contribution >= 0.6 is 0 Å². The summed E-state index contributed by atoms with van der Waals surface area (Å²) in [6.45, 7) is 0.171. The van der Waals surface area contributed by atoms with Crippen LogP contribution < -0.4 is 11.1 Å². The number of nitrogens with zero attached hydrogens (tertiary/aromatic N) is 3. The molecule has 1 aliphatic carbocycles. The number of nitrogens with one attached hydrogen (secondary N) is 1. The summed E-state index contributed by atoms with van der Waals surface area (Å²) in [7, 11) is 0. The van der Waals surface area contributed by atoms with Gasteiger partial charge in [0.1, 0.15) is 12.9 Å². The molecule has 0 fully saturated rings. The Morgan fingerprint density at radius 2 is 2.50 bits per heavy atom. The van der Waals surface area contributed by atoms with E-state index in [1.807, 2.05) is 0 Å². The molecule has 2 rings (SSSR count). The standard InChI is InChI=1S/C10H15N5O/c11-10-12-7-15(14-10)6-9(16)13-8-4-2-1-3-5-8/h1-2,7-8H,3-6H2,(H2,11,14)(H,13,16). The Hall–Kier alpha value is -1.85. The molecular weight excluding hydrogens is 206 g/mol. The summed E-state index contributed by atoms with van der Waals surface area (Å²) in [6.07, 6.45) is 8.63. The first-order valence-electron chi connectivity index (χ1n) is 5.33. The molecule has 0 saturated heterocycles. The quantitative estimate of drug-likeness (QED) is 0.708. The minimum absolute atomic E-state index is 0.0507. The van der Waals surface area contributed by atoms with Crippen LogP contribution in [0.3, 0.4) is 0 Å². The normalized spacial score (nSPS) is 19.6. The van der Waals surface area contributed by atoms with Crippen molar-refractivity contribution in [3.63, 3.8) is 0 Å². The Morgan fingerprint density at radius 1 is 1.62 bits per heavy atom. The summed E-state index contributed by atoms with van der Waals surface area (Å²) in [5, 5.41) is 6.81. The molecule has 1 atom stereocenters. The van der Waals surface area contributed by atoms with Crippen molar-refractivity contribution in [3.05, 3.63) is 18.5 Å². The minimum Gasteiger partial charge on any atom is -0.367 e. The van der Waals surface area contributed by atoms with Crippen molar-refractivity contribution >= 4 is 11.9 Å². The third kappa shape index (κ3) is 2.82. The van der Waals surface area contributed by atoms with Gasteiger partial charge < -0.3 is 11.1 Å². The van der Waals surface area contributed by atoms with Gasteiger partial charge in [-0.2, -0.15) is 0 Å². The van der Waals surface area contributed by atoms with Crippen molar-refractivity contribution in [1.29, 1.82) is 0 Å². The molecule has 0 spiro atoms. The second kappa shape index (κ2) is 4.78. The van der Waals surface area contributed by atoms with Crippen molar-refractivity contribution in [1.82, 2.24) is 20.1 Å². The lowest BCUT2D eigenvalue weighted by Crippen LogP contribution is -2.37. The maximum Gasteiger partial charge on any atom is 0.242 e. The van der Waals surface area contributed by atoms with E-state index in [1.165, 1.54) is 11.0 Å². The van der Waals surface area contributed by atoms with Crippen molar-refractivity contribution in [2.24, 2.45) is 0 Å². The highest BCUT2D eigenvalue weighted by Gasteiger charge is 2.13. The predicted octanol–water partition coefficient (Wildman–Crippen LogP) is 0.0852. The summed E-state index contributed by atoms with van der Waals surface area (Å²) < 4.78 is 1.43. The average molecular weight is 221 g/mol. The number of hydrogen-bond acceptors (Lipinski definition) is 4. The minimum atomic E-state index is -0.0507. The highest BCUT2D eigenvalue weighted by atomic mass is 16.2. The summed E-state index contributed by atoms with van der Waals surface area (Å²) in [5.74, 6) is 0.138. The lowest BCUT2D eigenvalue weighted by Gasteiger charge is -2.19. The third-order valence-electron chi connectivity index (χ3n) is 2.49. The van der Waals surface area contributed by atoms with Crippen molar-refractivity contribution in [2.45, 2.75) is 31.8 Å². The van der Waals surface area contributed by atoms with Crippen LogP contribution in [0.2, 0.25) is 0 Å². The molecule has 3 N–H and O–H groups in total. The maximum atomic E-state index is 11.6. The van der Waals surface area contributed by atoms with E-state index in [1.54, 1.807) is 0 Å². The summed E-state index contributed by atoms with van der Waals surface area (Å²) >= 11 is 0. The van der Waals surface area contributed by atoms with Crippen molar-refractivity contribution < 1.29 is 4.79 Å². The van der Waals surface area contributed by atoms with E-state index < -0.39 is 0 Å². The molecule has 1 amide bonds. The van der Waals surface area contributed by atoms with E-state index in [0.29, 0.717) is 0 Å². The van der Waals surface area contributed by atoms with Gasteiger partial charge in [-0.05, 0) is 19.3 Å². The molecule has 1 aliphatic rings. The highest BCUT2D eigenvalue weighted by molar-refractivity contribution is 5.76. The van der Waals surface area contributed by atoms with Crippen LogP contribution in [0.1, 0.15) is 19.3 Å². The number of nitrogen functional groups attached to an aromatic ring is 1. The number of nitrogens with two attached hydrogens (primary N) is 1. The smallest absolute Gasteiger partial charge is 0.242 e. The lowest BCUT2D eigenvalue weighted by molar-refractivity contribution is -0.122. The van der Waals surface area contributed by atoms with Crippen molar-refractivity contribution in [3.8, 4) is 0 Å². The molecule has 6 heteroatoms. The van der Waals surface area contributed by atoms with Gasteiger partial charge in [-0.25, -0.2) is 9.67 Å². The highest BCUT2D eigenvalue weighted by Crippen LogP contribution is 2.10. The molecule has 1 heterocycles. The molecule has 0 aromatic carbocycles. The molecule has 1 unspecified atom stereocenters. The molecule has 16 heavy (non-hydrogen) atoms. The monoisotopic (exact) mass is 221 g/mol. The van der Waals surface area contributed by atoms with Gasteiger partial charge in [-0.15, -0.1) is 5.10 Å². The zero-order chi connectivity index (χ0) is 11.4. The van der Waals surface area contributed by atoms with Gasteiger partial charge in [0, 0.05) is 6.04 Å². The van der Waals surface area contributed by atoms with E-state index in [-0.39, 0.29) is 24.4 Å². The van der Waals surface area contributed by atoms with E-state index in [9.17, 15) is 4.79 Å². The molecule has 1 aromatic rings. The van der Waals surface area contributed by atoms with Gasteiger partial charge in [0.25, 0.3) is 0 Å². The Balaban J connectivity index is 1.82. The number of hydrogen-bond donors (Lipinski definition) is 2. The number of carbonyl (C=O) groups is 1. The number of amides is 1. The number of rotatable bonds is 3. The fourth-order valence-corrected chi connectivity index (χ4v) is 1.73. The van der Waals surface area contributed by atoms with Crippen LogP contribution in [0, 0.1) is 0 Å². The van der Waals surface area contributed by atoms with Gasteiger partial charge in [-0.1, -0.05) is 12.2 Å². The zero-order valence-electron chi connectivity index (χ0n) is 8.97. The van der Waals surface area contributed by atoms with Crippen LogP contribution in [-0.4, -0.2) is 26.7 Å². The molecule has 0 bridgehead atoms. The van der Waals surface area contributed by atoms with Gasteiger partial charge >= 0.3 is 0 Å². The predicted molar refractivity (Wildman–Crippen MR) is 59.4 cm³/mol. The topological polar surface area (TPSA) is 85.8 Å².